The molecular weight excluding hydrogens is 398 g/mol. The highest BCUT2D eigenvalue weighted by Crippen LogP contribution is 2.34. The molecule has 0 radical (unpaired) electrons. The molecule has 3 N–H and O–H groups in total. The van der Waals surface area contributed by atoms with Crippen LogP contribution in [0.4, 0.5) is 23.4 Å². The van der Waals surface area contributed by atoms with Gasteiger partial charge >= 0.3 is 0 Å². The molecule has 1 fully saturated rings. The van der Waals surface area contributed by atoms with E-state index < -0.39 is 0 Å². The van der Waals surface area contributed by atoms with E-state index >= 15 is 0 Å². The molecule has 0 bridgehead atoms. The number of aromatic nitrogens is 4. The van der Waals surface area contributed by atoms with Crippen molar-refractivity contribution in [3.05, 3.63) is 36.2 Å². The number of ether oxygens (including phenoxy) is 3. The number of nitrogens with two attached hydrogens (primary N) is 1. The number of rotatable bonds is 4. The van der Waals surface area contributed by atoms with Gasteiger partial charge in [-0.2, -0.15) is 4.98 Å². The van der Waals surface area contributed by atoms with Gasteiger partial charge in [0.2, 0.25) is 11.9 Å². The third-order valence-corrected chi connectivity index (χ3v) is 5.10. The van der Waals surface area contributed by atoms with Gasteiger partial charge in [-0.3, -0.25) is 0 Å². The molecule has 31 heavy (non-hydrogen) atoms. The summed E-state index contributed by atoms with van der Waals surface area (Å²) in [6.45, 7) is 5.71. The lowest BCUT2D eigenvalue weighted by atomic mass is 10.1. The van der Waals surface area contributed by atoms with Crippen LogP contribution in [0.15, 0.2) is 30.5 Å². The molecule has 1 saturated heterocycles. The fraction of sp³-hybridized carbons (Fsp3) is 0.333. The Morgan fingerprint density at radius 1 is 0.968 bits per heavy atom. The first kappa shape index (κ1) is 19.3. The number of hydrogen-bond acceptors (Lipinski definition) is 10. The van der Waals surface area contributed by atoms with Crippen LogP contribution in [-0.2, 0) is 4.74 Å². The predicted octanol–water partition coefficient (Wildman–Crippen LogP) is 2.18. The summed E-state index contributed by atoms with van der Waals surface area (Å²) in [5.74, 6) is 2.96. The van der Waals surface area contributed by atoms with Crippen LogP contribution >= 0.6 is 0 Å². The third-order valence-electron chi connectivity index (χ3n) is 5.10. The van der Waals surface area contributed by atoms with E-state index in [-0.39, 0.29) is 5.95 Å². The average Bonchev–Trinajstić information content (AvgIpc) is 2.79. The number of benzene rings is 1. The van der Waals surface area contributed by atoms with Crippen LogP contribution in [0.5, 0.6) is 11.5 Å². The van der Waals surface area contributed by atoms with Crippen LogP contribution in [0.3, 0.4) is 0 Å². The van der Waals surface area contributed by atoms with E-state index in [4.69, 9.17) is 29.9 Å². The molecule has 0 unspecified atom stereocenters. The molecule has 3 aromatic rings. The molecule has 0 amide bonds. The Kier molecular flexibility index (Phi) is 5.13. The molecule has 0 atom stereocenters. The number of nitrogen functional groups attached to an aromatic ring is 1. The van der Waals surface area contributed by atoms with E-state index in [1.54, 1.807) is 6.20 Å². The Labute approximate surface area is 179 Å². The molecule has 2 aromatic heterocycles. The number of hydrogen-bond donors (Lipinski definition) is 2. The number of morpholine rings is 1. The number of nitrogens with one attached hydrogen (secondary N) is 1. The van der Waals surface area contributed by atoms with Gasteiger partial charge in [-0.25, -0.2) is 15.0 Å². The molecule has 2 aliphatic heterocycles. The molecule has 2 aliphatic rings. The molecule has 10 nitrogen and oxygen atoms in total. The van der Waals surface area contributed by atoms with Crippen molar-refractivity contribution in [2.75, 3.05) is 55.5 Å². The second-order valence-electron chi connectivity index (χ2n) is 7.25. The summed E-state index contributed by atoms with van der Waals surface area (Å²) in [5, 5.41) is 3.36. The molecular formula is C21H23N7O3. The zero-order chi connectivity index (χ0) is 21.2. The zero-order valence-corrected chi connectivity index (χ0v) is 17.2. The Bertz CT molecular complexity index is 1100. The highest BCUT2D eigenvalue weighted by atomic mass is 16.6. The van der Waals surface area contributed by atoms with Crippen molar-refractivity contribution in [1.29, 1.82) is 0 Å². The van der Waals surface area contributed by atoms with Crippen LogP contribution in [0.2, 0.25) is 0 Å². The lowest BCUT2D eigenvalue weighted by molar-refractivity contribution is 0.122. The first-order valence-electron chi connectivity index (χ1n) is 10.1. The molecule has 0 aliphatic carbocycles. The minimum Gasteiger partial charge on any atom is -0.486 e. The number of aryl methyl sites for hydroxylation is 1. The van der Waals surface area contributed by atoms with E-state index in [9.17, 15) is 0 Å². The summed E-state index contributed by atoms with van der Waals surface area (Å²) >= 11 is 0. The Balaban J connectivity index is 1.52. The maximum atomic E-state index is 5.73. The number of anilines is 4. The van der Waals surface area contributed by atoms with E-state index in [1.807, 2.05) is 31.2 Å². The standard InChI is InChI=1S/C21H23N7O3/c1-13-15(12-23-20(22)24-13)16-11-19(27-21(26-16)28-4-6-29-7-5-28)25-14-2-3-17-18(10-14)31-9-8-30-17/h2-3,10-12H,4-9H2,1H3,(H2,22,23,24)(H,25,26,27). The van der Waals surface area contributed by atoms with Crippen LogP contribution in [0.25, 0.3) is 11.3 Å². The van der Waals surface area contributed by atoms with Crippen LogP contribution < -0.4 is 25.4 Å². The highest BCUT2D eigenvalue weighted by Gasteiger charge is 2.18. The summed E-state index contributed by atoms with van der Waals surface area (Å²) in [4.78, 5) is 20.1. The van der Waals surface area contributed by atoms with E-state index in [1.165, 1.54) is 0 Å². The molecule has 5 rings (SSSR count). The van der Waals surface area contributed by atoms with Gasteiger partial charge in [0.05, 0.1) is 24.6 Å². The highest BCUT2D eigenvalue weighted by molar-refractivity contribution is 5.69. The Morgan fingerprint density at radius 3 is 2.58 bits per heavy atom. The molecule has 0 spiro atoms. The molecule has 10 heteroatoms. The van der Waals surface area contributed by atoms with Gasteiger partial charge < -0.3 is 30.2 Å². The summed E-state index contributed by atoms with van der Waals surface area (Å²) in [5.41, 5.74) is 8.84. The molecule has 0 saturated carbocycles. The number of fused-ring (bicyclic) bond motifs is 1. The van der Waals surface area contributed by atoms with Gasteiger partial charge in [-0.15, -0.1) is 0 Å². The van der Waals surface area contributed by atoms with Gasteiger partial charge in [0.25, 0.3) is 0 Å². The lowest BCUT2D eigenvalue weighted by Gasteiger charge is -2.27. The average molecular weight is 421 g/mol. The third kappa shape index (κ3) is 4.15. The second-order valence-corrected chi connectivity index (χ2v) is 7.25. The molecule has 160 valence electrons. The first-order chi connectivity index (χ1) is 15.2. The second kappa shape index (κ2) is 8.23. The fourth-order valence-corrected chi connectivity index (χ4v) is 3.55. The van der Waals surface area contributed by atoms with Crippen molar-refractivity contribution in [1.82, 2.24) is 19.9 Å². The topological polar surface area (TPSA) is 121 Å². The van der Waals surface area contributed by atoms with Crippen LogP contribution in [0.1, 0.15) is 5.69 Å². The summed E-state index contributed by atoms with van der Waals surface area (Å²) in [7, 11) is 0. The largest absolute Gasteiger partial charge is 0.486 e. The minimum absolute atomic E-state index is 0.235. The molecule has 4 heterocycles. The quantitative estimate of drug-likeness (QED) is 0.648. The van der Waals surface area contributed by atoms with Crippen LogP contribution in [0, 0.1) is 6.92 Å². The summed E-state index contributed by atoms with van der Waals surface area (Å²) in [6, 6.07) is 7.60. The first-order valence-corrected chi connectivity index (χ1v) is 10.1. The van der Waals surface area contributed by atoms with Crippen molar-refractivity contribution in [3.8, 4) is 22.8 Å². The monoisotopic (exact) mass is 421 g/mol. The van der Waals surface area contributed by atoms with Gasteiger partial charge in [-0.05, 0) is 19.1 Å². The Morgan fingerprint density at radius 2 is 1.77 bits per heavy atom. The minimum atomic E-state index is 0.235. The summed E-state index contributed by atoms with van der Waals surface area (Å²) in [6.07, 6.45) is 1.69. The maximum Gasteiger partial charge on any atom is 0.228 e. The van der Waals surface area contributed by atoms with Gasteiger partial charge in [0.15, 0.2) is 11.5 Å². The summed E-state index contributed by atoms with van der Waals surface area (Å²) < 4.78 is 16.8. The van der Waals surface area contributed by atoms with Gasteiger partial charge in [0, 0.05) is 42.7 Å². The van der Waals surface area contributed by atoms with E-state index in [0.29, 0.717) is 49.6 Å². The van der Waals surface area contributed by atoms with Crippen molar-refractivity contribution in [2.45, 2.75) is 6.92 Å². The van der Waals surface area contributed by atoms with Gasteiger partial charge in [0.1, 0.15) is 19.0 Å². The van der Waals surface area contributed by atoms with E-state index in [0.717, 1.165) is 35.8 Å². The maximum absolute atomic E-state index is 5.73. The van der Waals surface area contributed by atoms with Gasteiger partial charge in [-0.1, -0.05) is 0 Å². The van der Waals surface area contributed by atoms with Crippen molar-refractivity contribution < 1.29 is 14.2 Å². The lowest BCUT2D eigenvalue weighted by Crippen LogP contribution is -2.37. The van der Waals surface area contributed by atoms with E-state index in [2.05, 4.69) is 20.2 Å². The van der Waals surface area contributed by atoms with Crippen molar-refractivity contribution >= 4 is 23.4 Å². The normalized spacial score (nSPS) is 15.6. The predicted molar refractivity (Wildman–Crippen MR) is 116 cm³/mol. The Hall–Kier alpha value is -3.66. The SMILES string of the molecule is Cc1nc(N)ncc1-c1cc(Nc2ccc3c(c2)OCCO3)nc(N2CCOCC2)n1. The van der Waals surface area contributed by atoms with Crippen molar-refractivity contribution in [2.24, 2.45) is 0 Å². The zero-order valence-electron chi connectivity index (χ0n) is 17.2. The van der Waals surface area contributed by atoms with Crippen LogP contribution in [-0.4, -0.2) is 59.5 Å². The smallest absolute Gasteiger partial charge is 0.228 e. The number of nitrogens with zero attached hydrogens (tertiary/aromatic N) is 5. The molecule has 1 aromatic carbocycles. The van der Waals surface area contributed by atoms with Crippen molar-refractivity contribution in [3.63, 3.8) is 0 Å². The fourth-order valence-electron chi connectivity index (χ4n) is 3.55.